The molecule has 0 spiro atoms. The van der Waals surface area contributed by atoms with Crippen LogP contribution in [-0.2, 0) is 4.74 Å². The average molecular weight is 384 g/mol. The van der Waals surface area contributed by atoms with Gasteiger partial charge in [0.05, 0.1) is 24.3 Å². The third kappa shape index (κ3) is 4.81. The zero-order valence-corrected chi connectivity index (χ0v) is 16.4. The first-order valence-electron chi connectivity index (χ1n) is 9.99. The average Bonchev–Trinajstić information content (AvgIpc) is 2.71. The summed E-state index contributed by atoms with van der Waals surface area (Å²) in [6.45, 7) is 6.04. The number of carbonyl (C=O) groups is 2. The Kier molecular flexibility index (Phi) is 6.87. The number of carbonyl (C=O) groups excluding carboxylic acids is 2. The van der Waals surface area contributed by atoms with E-state index in [-0.39, 0.29) is 17.7 Å². The number of amides is 1. The number of ether oxygens (including phenoxy) is 2. The van der Waals surface area contributed by atoms with Crippen molar-refractivity contribution in [3.05, 3.63) is 41.5 Å². The molecular formula is C22H28N2O4. The van der Waals surface area contributed by atoms with Gasteiger partial charge in [0.1, 0.15) is 5.75 Å². The van der Waals surface area contributed by atoms with Gasteiger partial charge >= 0.3 is 5.97 Å². The fourth-order valence-corrected chi connectivity index (χ4v) is 3.70. The highest BCUT2D eigenvalue weighted by Gasteiger charge is 2.19. The molecule has 0 radical (unpaired) electrons. The van der Waals surface area contributed by atoms with E-state index in [1.165, 1.54) is 32.4 Å². The van der Waals surface area contributed by atoms with Crippen LogP contribution in [0.15, 0.2) is 30.3 Å². The SMILES string of the molecule is CCOC(=O)c1ccc2cc(OCCCN3CCCCC3)ccc2c1C(N)=O. The summed E-state index contributed by atoms with van der Waals surface area (Å²) in [4.78, 5) is 26.6. The van der Waals surface area contributed by atoms with Gasteiger partial charge in [0, 0.05) is 6.54 Å². The summed E-state index contributed by atoms with van der Waals surface area (Å²) in [5, 5.41) is 1.43. The number of piperidine rings is 1. The lowest BCUT2D eigenvalue weighted by Crippen LogP contribution is -2.31. The van der Waals surface area contributed by atoms with Crippen molar-refractivity contribution in [1.82, 2.24) is 4.90 Å². The molecule has 1 aliphatic rings. The maximum absolute atomic E-state index is 12.1. The quantitative estimate of drug-likeness (QED) is 0.557. The van der Waals surface area contributed by atoms with Crippen LogP contribution in [0.1, 0.15) is 53.3 Å². The lowest BCUT2D eigenvalue weighted by atomic mass is 9.98. The van der Waals surface area contributed by atoms with E-state index >= 15 is 0 Å². The van der Waals surface area contributed by atoms with Crippen LogP contribution in [0, 0.1) is 0 Å². The fourth-order valence-electron chi connectivity index (χ4n) is 3.70. The molecule has 2 aromatic rings. The van der Waals surface area contributed by atoms with E-state index in [0.717, 1.165) is 24.1 Å². The molecule has 0 aromatic heterocycles. The predicted octanol–water partition coefficient (Wildman–Crippen LogP) is 3.37. The number of esters is 1. The molecule has 0 bridgehead atoms. The minimum Gasteiger partial charge on any atom is -0.494 e. The highest BCUT2D eigenvalue weighted by Crippen LogP contribution is 2.27. The highest BCUT2D eigenvalue weighted by atomic mass is 16.5. The van der Waals surface area contributed by atoms with Gasteiger partial charge in [-0.25, -0.2) is 4.79 Å². The molecule has 28 heavy (non-hydrogen) atoms. The summed E-state index contributed by atoms with van der Waals surface area (Å²) in [7, 11) is 0. The van der Waals surface area contributed by atoms with Gasteiger partial charge in [-0.3, -0.25) is 4.79 Å². The van der Waals surface area contributed by atoms with Crippen molar-refractivity contribution in [1.29, 1.82) is 0 Å². The van der Waals surface area contributed by atoms with Gasteiger partial charge < -0.3 is 20.1 Å². The van der Waals surface area contributed by atoms with Crippen LogP contribution in [0.4, 0.5) is 0 Å². The number of fused-ring (bicyclic) bond motifs is 1. The molecule has 1 heterocycles. The van der Waals surface area contributed by atoms with Crippen molar-refractivity contribution in [2.75, 3.05) is 32.8 Å². The third-order valence-corrected chi connectivity index (χ3v) is 5.07. The summed E-state index contributed by atoms with van der Waals surface area (Å²) in [5.41, 5.74) is 5.92. The van der Waals surface area contributed by atoms with Gasteiger partial charge in [0.15, 0.2) is 0 Å². The number of hydrogen-bond acceptors (Lipinski definition) is 5. The summed E-state index contributed by atoms with van der Waals surface area (Å²) in [6.07, 6.45) is 4.91. The second-order valence-corrected chi connectivity index (χ2v) is 7.06. The first-order chi connectivity index (χ1) is 13.6. The van der Waals surface area contributed by atoms with Crippen molar-refractivity contribution in [3.8, 4) is 5.75 Å². The van der Waals surface area contributed by atoms with E-state index in [2.05, 4.69) is 4.90 Å². The molecule has 0 atom stereocenters. The maximum atomic E-state index is 12.1. The number of benzene rings is 2. The van der Waals surface area contributed by atoms with Crippen LogP contribution >= 0.6 is 0 Å². The highest BCUT2D eigenvalue weighted by molar-refractivity contribution is 6.14. The number of nitrogens with two attached hydrogens (primary N) is 1. The van der Waals surface area contributed by atoms with Crippen LogP contribution < -0.4 is 10.5 Å². The molecule has 1 fully saturated rings. The van der Waals surface area contributed by atoms with Gasteiger partial charge in [-0.2, -0.15) is 0 Å². The maximum Gasteiger partial charge on any atom is 0.338 e. The van der Waals surface area contributed by atoms with E-state index in [1.54, 1.807) is 25.1 Å². The van der Waals surface area contributed by atoms with Gasteiger partial charge in [0.2, 0.25) is 5.91 Å². The van der Waals surface area contributed by atoms with Crippen LogP contribution in [0.2, 0.25) is 0 Å². The van der Waals surface area contributed by atoms with E-state index in [9.17, 15) is 9.59 Å². The first-order valence-corrected chi connectivity index (χ1v) is 9.99. The zero-order valence-electron chi connectivity index (χ0n) is 16.4. The molecule has 6 heteroatoms. The molecule has 3 rings (SSSR count). The van der Waals surface area contributed by atoms with E-state index < -0.39 is 11.9 Å². The number of primary amides is 1. The third-order valence-electron chi connectivity index (χ3n) is 5.07. The lowest BCUT2D eigenvalue weighted by Gasteiger charge is -2.26. The molecule has 2 aromatic carbocycles. The van der Waals surface area contributed by atoms with Gasteiger partial charge in [-0.1, -0.05) is 12.5 Å². The van der Waals surface area contributed by atoms with Gasteiger partial charge in [0.25, 0.3) is 0 Å². The Morgan fingerprint density at radius 3 is 2.61 bits per heavy atom. The molecular weight excluding hydrogens is 356 g/mol. The van der Waals surface area contributed by atoms with Crippen molar-refractivity contribution < 1.29 is 19.1 Å². The van der Waals surface area contributed by atoms with Crippen molar-refractivity contribution in [3.63, 3.8) is 0 Å². The first kappa shape index (κ1) is 20.1. The topological polar surface area (TPSA) is 81.9 Å². The molecule has 150 valence electrons. The molecule has 6 nitrogen and oxygen atoms in total. The molecule has 1 saturated heterocycles. The second-order valence-electron chi connectivity index (χ2n) is 7.06. The lowest BCUT2D eigenvalue weighted by molar-refractivity contribution is 0.0523. The molecule has 0 saturated carbocycles. The number of hydrogen-bond donors (Lipinski definition) is 1. The van der Waals surface area contributed by atoms with Crippen molar-refractivity contribution in [2.45, 2.75) is 32.6 Å². The molecule has 0 aliphatic carbocycles. The summed E-state index contributed by atoms with van der Waals surface area (Å²) in [5.74, 6) is -0.453. The van der Waals surface area contributed by atoms with E-state index in [0.29, 0.717) is 12.0 Å². The molecule has 1 aliphatic heterocycles. The zero-order chi connectivity index (χ0) is 19.9. The van der Waals surface area contributed by atoms with Crippen LogP contribution in [0.3, 0.4) is 0 Å². The van der Waals surface area contributed by atoms with Gasteiger partial charge in [-0.05, 0) is 74.3 Å². The van der Waals surface area contributed by atoms with Crippen LogP contribution in [0.5, 0.6) is 5.75 Å². The van der Waals surface area contributed by atoms with Crippen molar-refractivity contribution in [2.24, 2.45) is 5.73 Å². The summed E-state index contributed by atoms with van der Waals surface area (Å²) >= 11 is 0. The Hall–Kier alpha value is -2.60. The fraction of sp³-hybridized carbons (Fsp3) is 0.455. The second kappa shape index (κ2) is 9.55. The minimum absolute atomic E-state index is 0.188. The smallest absolute Gasteiger partial charge is 0.338 e. The summed E-state index contributed by atoms with van der Waals surface area (Å²) in [6, 6.07) is 8.83. The number of nitrogens with zero attached hydrogens (tertiary/aromatic N) is 1. The van der Waals surface area contributed by atoms with Crippen molar-refractivity contribution >= 4 is 22.6 Å². The molecule has 1 amide bonds. The monoisotopic (exact) mass is 384 g/mol. The number of likely N-dealkylation sites (tertiary alicyclic amines) is 1. The minimum atomic E-state index is -0.649. The van der Waals surface area contributed by atoms with E-state index in [4.69, 9.17) is 15.2 Å². The standard InChI is InChI=1S/C22H28N2O4/c1-2-27-22(26)19-9-7-16-15-17(8-10-18(16)20(19)21(23)25)28-14-6-13-24-11-4-3-5-12-24/h7-10,15H,2-6,11-14H2,1H3,(H2,23,25). The van der Waals surface area contributed by atoms with Gasteiger partial charge in [-0.15, -0.1) is 0 Å². The Bertz CT molecular complexity index is 844. The largest absolute Gasteiger partial charge is 0.494 e. The normalized spacial score (nSPS) is 14.8. The van der Waals surface area contributed by atoms with Crippen LogP contribution in [-0.4, -0.2) is 49.6 Å². The Morgan fingerprint density at radius 1 is 1.11 bits per heavy atom. The predicted molar refractivity (Wildman–Crippen MR) is 109 cm³/mol. The van der Waals surface area contributed by atoms with Crippen LogP contribution in [0.25, 0.3) is 10.8 Å². The van der Waals surface area contributed by atoms with E-state index in [1.807, 2.05) is 12.1 Å². The molecule has 2 N–H and O–H groups in total. The Labute approximate surface area is 165 Å². The Morgan fingerprint density at radius 2 is 1.89 bits per heavy atom. The summed E-state index contributed by atoms with van der Waals surface area (Å²) < 4.78 is 10.9. The molecule has 0 unspecified atom stereocenters. The Balaban J connectivity index is 1.70. The number of rotatable bonds is 8.